The molecule has 0 saturated carbocycles. The molecule has 1 aromatic heterocycles. The van der Waals surface area contributed by atoms with Crippen LogP contribution in [-0.2, 0) is 12.7 Å². The molecule has 0 aliphatic rings. The van der Waals surface area contributed by atoms with Gasteiger partial charge in [-0.25, -0.2) is 0 Å². The first-order valence-corrected chi connectivity index (χ1v) is 7.03. The van der Waals surface area contributed by atoms with Crippen LogP contribution in [0.4, 0.5) is 18.9 Å². The van der Waals surface area contributed by atoms with E-state index in [9.17, 15) is 23.1 Å². The molecule has 0 atom stereocenters. The number of benzene rings is 1. The molecule has 0 aliphatic heterocycles. The predicted octanol–water partition coefficient (Wildman–Crippen LogP) is 3.57. The first-order chi connectivity index (χ1) is 11.3. The maximum atomic E-state index is 12.9. The Balaban J connectivity index is 2.56. The highest BCUT2D eigenvalue weighted by Gasteiger charge is 2.33. The lowest BCUT2D eigenvalue weighted by molar-refractivity contribution is -0.137. The average molecular weight is 355 g/mol. The number of hydrogen-bond donors (Lipinski definition) is 2. The highest BCUT2D eigenvalue weighted by atomic mass is 32.1. The molecule has 24 heavy (non-hydrogen) atoms. The lowest BCUT2D eigenvalue weighted by atomic mass is 10.2. The van der Waals surface area contributed by atoms with E-state index in [4.69, 9.17) is 12.2 Å². The molecule has 1 heterocycles. The first-order valence-electron chi connectivity index (χ1n) is 6.63. The Hall–Kier alpha value is -2.68. The SMILES string of the molecule is C=CCn1c(O)c(C=Nc2ccccc2C(F)(F)F)c(=O)[nH]c1=S. The van der Waals surface area contributed by atoms with Gasteiger partial charge in [-0.1, -0.05) is 18.2 Å². The third kappa shape index (κ3) is 3.62. The van der Waals surface area contributed by atoms with Crippen molar-refractivity contribution in [1.82, 2.24) is 9.55 Å². The molecule has 2 N–H and O–H groups in total. The molecule has 0 radical (unpaired) electrons. The maximum Gasteiger partial charge on any atom is 0.418 e. The fourth-order valence-corrected chi connectivity index (χ4v) is 2.20. The zero-order chi connectivity index (χ0) is 17.9. The molecule has 0 unspecified atom stereocenters. The van der Waals surface area contributed by atoms with Crippen molar-refractivity contribution in [2.75, 3.05) is 0 Å². The molecule has 126 valence electrons. The van der Waals surface area contributed by atoms with Gasteiger partial charge in [-0.15, -0.1) is 6.58 Å². The van der Waals surface area contributed by atoms with Gasteiger partial charge in [-0.05, 0) is 24.4 Å². The second-order valence-electron chi connectivity index (χ2n) is 4.67. The number of allylic oxidation sites excluding steroid dienone is 1. The summed E-state index contributed by atoms with van der Waals surface area (Å²) in [5.41, 5.74) is -2.38. The second kappa shape index (κ2) is 6.83. The van der Waals surface area contributed by atoms with Gasteiger partial charge in [-0.2, -0.15) is 13.2 Å². The summed E-state index contributed by atoms with van der Waals surface area (Å²) in [4.78, 5) is 17.9. The number of nitrogens with one attached hydrogen (secondary N) is 1. The van der Waals surface area contributed by atoms with Crippen molar-refractivity contribution in [1.29, 1.82) is 0 Å². The van der Waals surface area contributed by atoms with Gasteiger partial charge in [0.2, 0.25) is 5.88 Å². The molecule has 0 saturated heterocycles. The number of aromatic amines is 1. The van der Waals surface area contributed by atoms with Crippen molar-refractivity contribution >= 4 is 24.1 Å². The van der Waals surface area contributed by atoms with Gasteiger partial charge >= 0.3 is 6.18 Å². The Kier molecular flexibility index (Phi) is 5.03. The molecule has 0 bridgehead atoms. The molecule has 0 amide bonds. The number of H-pyrrole nitrogens is 1. The van der Waals surface area contributed by atoms with E-state index in [-0.39, 0.29) is 22.6 Å². The number of nitrogens with zero attached hydrogens (tertiary/aromatic N) is 2. The minimum atomic E-state index is -4.59. The topological polar surface area (TPSA) is 70.4 Å². The lowest BCUT2D eigenvalue weighted by Gasteiger charge is -2.10. The van der Waals surface area contributed by atoms with Crippen molar-refractivity contribution in [3.63, 3.8) is 0 Å². The minimum Gasteiger partial charge on any atom is -0.494 e. The lowest BCUT2D eigenvalue weighted by Crippen LogP contribution is -2.18. The van der Waals surface area contributed by atoms with Gasteiger partial charge < -0.3 is 5.11 Å². The van der Waals surface area contributed by atoms with Crippen LogP contribution in [0.3, 0.4) is 0 Å². The van der Waals surface area contributed by atoms with Gasteiger partial charge in [0.1, 0.15) is 5.56 Å². The molecule has 0 spiro atoms. The molecule has 9 heteroatoms. The largest absolute Gasteiger partial charge is 0.494 e. The van der Waals surface area contributed by atoms with Crippen LogP contribution in [0, 0.1) is 4.77 Å². The smallest absolute Gasteiger partial charge is 0.418 e. The number of aliphatic imine (C=N–C) groups is 1. The van der Waals surface area contributed by atoms with Crippen LogP contribution in [0.15, 0.2) is 46.7 Å². The Morgan fingerprint density at radius 3 is 2.67 bits per heavy atom. The summed E-state index contributed by atoms with van der Waals surface area (Å²) in [7, 11) is 0. The van der Waals surface area contributed by atoms with Crippen molar-refractivity contribution < 1.29 is 18.3 Å². The van der Waals surface area contributed by atoms with Crippen LogP contribution in [0.25, 0.3) is 0 Å². The fraction of sp³-hybridized carbons (Fsp3) is 0.133. The summed E-state index contributed by atoms with van der Waals surface area (Å²) < 4.78 is 39.9. The van der Waals surface area contributed by atoms with E-state index in [0.29, 0.717) is 0 Å². The van der Waals surface area contributed by atoms with E-state index in [1.165, 1.54) is 22.8 Å². The highest BCUT2D eigenvalue weighted by molar-refractivity contribution is 7.71. The van der Waals surface area contributed by atoms with Crippen LogP contribution >= 0.6 is 12.2 Å². The van der Waals surface area contributed by atoms with E-state index in [1.54, 1.807) is 0 Å². The second-order valence-corrected chi connectivity index (χ2v) is 5.06. The zero-order valence-electron chi connectivity index (χ0n) is 12.2. The van der Waals surface area contributed by atoms with Crippen molar-refractivity contribution in [3.8, 4) is 5.88 Å². The summed E-state index contributed by atoms with van der Waals surface area (Å²) in [6, 6.07) is 4.65. The Bertz CT molecular complexity index is 913. The highest BCUT2D eigenvalue weighted by Crippen LogP contribution is 2.35. The van der Waals surface area contributed by atoms with Gasteiger partial charge in [0, 0.05) is 12.8 Å². The number of para-hydroxylation sites is 1. The number of halogens is 3. The van der Waals surface area contributed by atoms with Crippen molar-refractivity contribution in [2.24, 2.45) is 4.99 Å². The summed E-state index contributed by atoms with van der Waals surface area (Å²) in [5, 5.41) is 10.1. The van der Waals surface area contributed by atoms with Crippen LogP contribution < -0.4 is 5.56 Å². The van der Waals surface area contributed by atoms with Gasteiger partial charge in [0.25, 0.3) is 5.56 Å². The molecule has 1 aromatic carbocycles. The molecule has 5 nitrogen and oxygen atoms in total. The normalized spacial score (nSPS) is 11.8. The molecule has 2 rings (SSSR count). The minimum absolute atomic E-state index is 0.0368. The predicted molar refractivity (Wildman–Crippen MR) is 86.4 cm³/mol. The molecule has 0 fully saturated rings. The summed E-state index contributed by atoms with van der Waals surface area (Å²) in [5.74, 6) is -0.503. The molecule has 0 aliphatic carbocycles. The quantitative estimate of drug-likeness (QED) is 0.500. The fourth-order valence-electron chi connectivity index (χ4n) is 1.95. The molecular weight excluding hydrogens is 343 g/mol. The van der Waals surface area contributed by atoms with E-state index >= 15 is 0 Å². The van der Waals surface area contributed by atoms with Crippen molar-refractivity contribution in [3.05, 3.63) is 63.2 Å². The Morgan fingerprint density at radius 1 is 1.38 bits per heavy atom. The zero-order valence-corrected chi connectivity index (χ0v) is 13.0. The number of aromatic hydroxyl groups is 1. The third-order valence-corrected chi connectivity index (χ3v) is 3.38. The Morgan fingerprint density at radius 2 is 2.04 bits per heavy atom. The van der Waals surface area contributed by atoms with E-state index in [0.717, 1.165) is 18.3 Å². The van der Waals surface area contributed by atoms with E-state index < -0.39 is 23.2 Å². The van der Waals surface area contributed by atoms with E-state index in [2.05, 4.69) is 16.6 Å². The summed E-state index contributed by atoms with van der Waals surface area (Å²) >= 11 is 4.91. The Labute approximate surface area is 139 Å². The van der Waals surface area contributed by atoms with Crippen LogP contribution in [0.1, 0.15) is 11.1 Å². The number of rotatable bonds is 4. The van der Waals surface area contributed by atoms with Gasteiger partial charge in [0.05, 0.1) is 11.3 Å². The summed E-state index contributed by atoms with van der Waals surface area (Å²) in [6.07, 6.45) is -2.28. The number of aromatic nitrogens is 2. The van der Waals surface area contributed by atoms with Crippen LogP contribution in [0.2, 0.25) is 0 Å². The number of hydrogen-bond acceptors (Lipinski definition) is 4. The van der Waals surface area contributed by atoms with Crippen LogP contribution in [-0.4, -0.2) is 20.9 Å². The van der Waals surface area contributed by atoms with Crippen LogP contribution in [0.5, 0.6) is 5.88 Å². The first kappa shape index (κ1) is 17.7. The van der Waals surface area contributed by atoms with Gasteiger partial charge in [0.15, 0.2) is 4.77 Å². The van der Waals surface area contributed by atoms with Gasteiger partial charge in [-0.3, -0.25) is 19.3 Å². The van der Waals surface area contributed by atoms with Crippen molar-refractivity contribution in [2.45, 2.75) is 12.7 Å². The average Bonchev–Trinajstić information content (AvgIpc) is 2.50. The molecule has 2 aromatic rings. The monoisotopic (exact) mass is 355 g/mol. The summed E-state index contributed by atoms with van der Waals surface area (Å²) in [6.45, 7) is 3.61. The number of alkyl halides is 3. The standard InChI is InChI=1S/C15H12F3N3O2S/c1-2-7-21-13(23)9(12(22)20-14(21)24)8-19-11-6-4-3-5-10(11)15(16,17)18/h2-6,8,23H,1,7H2,(H,20,22,24). The molecular formula is C15H12F3N3O2S. The third-order valence-electron chi connectivity index (χ3n) is 3.06. The van der Waals surface area contributed by atoms with E-state index in [1.807, 2.05) is 0 Å². The maximum absolute atomic E-state index is 12.9.